The Kier molecular flexibility index (Phi) is 1.67. The number of benzene rings is 2. The Hall–Kier alpha value is -1.84. The van der Waals surface area contributed by atoms with Crippen LogP contribution in [0.4, 0.5) is 17.6 Å². The highest BCUT2D eigenvalue weighted by atomic mass is 19.2. The van der Waals surface area contributed by atoms with Gasteiger partial charge < -0.3 is 0 Å². The first-order valence-electron chi connectivity index (χ1n) is 4.57. The molecule has 0 bridgehead atoms. The van der Waals surface area contributed by atoms with Crippen LogP contribution in [-0.2, 0) is 0 Å². The number of fused-ring (bicyclic) bond motifs is 4. The van der Waals surface area contributed by atoms with Crippen LogP contribution >= 0.6 is 0 Å². The third-order valence-electron chi connectivity index (χ3n) is 2.70. The molecule has 80 valence electrons. The van der Waals surface area contributed by atoms with Crippen molar-refractivity contribution in [2.24, 2.45) is 0 Å². The minimum absolute atomic E-state index is 0.410. The van der Waals surface area contributed by atoms with Gasteiger partial charge in [0, 0.05) is 0 Å². The van der Waals surface area contributed by atoms with Crippen LogP contribution < -0.4 is 0 Å². The molecule has 0 saturated carbocycles. The molecule has 0 unspecified atom stereocenters. The van der Waals surface area contributed by atoms with Gasteiger partial charge in [0.15, 0.2) is 23.3 Å². The van der Waals surface area contributed by atoms with Crippen molar-refractivity contribution in [3.8, 4) is 22.3 Å². The van der Waals surface area contributed by atoms with Crippen LogP contribution in [-0.4, -0.2) is 0 Å². The molecule has 2 aromatic rings. The molecule has 2 aromatic carbocycles. The molecule has 3 rings (SSSR count). The molecule has 1 aliphatic rings. The predicted octanol–water partition coefficient (Wildman–Crippen LogP) is 3.89. The molecule has 0 heterocycles. The SMILES string of the molecule is Fc1cc2c(cc1F)-c1cc(F)c(F)cc1-2. The number of halogens is 4. The van der Waals surface area contributed by atoms with E-state index < -0.39 is 23.3 Å². The summed E-state index contributed by atoms with van der Waals surface area (Å²) in [6, 6.07) is 3.96. The number of hydrogen-bond acceptors (Lipinski definition) is 0. The molecular formula is C12H4F4. The van der Waals surface area contributed by atoms with Crippen LogP contribution in [0, 0.1) is 23.3 Å². The first-order chi connectivity index (χ1) is 7.58. The summed E-state index contributed by atoms with van der Waals surface area (Å²) in [7, 11) is 0. The highest BCUT2D eigenvalue weighted by Crippen LogP contribution is 2.48. The molecule has 0 saturated heterocycles. The van der Waals surface area contributed by atoms with Crippen molar-refractivity contribution in [2.75, 3.05) is 0 Å². The fourth-order valence-electron chi connectivity index (χ4n) is 1.92. The lowest BCUT2D eigenvalue weighted by Gasteiger charge is -2.24. The monoisotopic (exact) mass is 224 g/mol. The largest absolute Gasteiger partial charge is 0.204 e. The van der Waals surface area contributed by atoms with Crippen molar-refractivity contribution in [3.05, 3.63) is 47.5 Å². The summed E-state index contributed by atoms with van der Waals surface area (Å²) in [4.78, 5) is 0. The van der Waals surface area contributed by atoms with Crippen LogP contribution in [0.1, 0.15) is 0 Å². The van der Waals surface area contributed by atoms with Crippen molar-refractivity contribution in [1.82, 2.24) is 0 Å². The van der Waals surface area contributed by atoms with E-state index in [0.717, 1.165) is 24.3 Å². The zero-order valence-electron chi connectivity index (χ0n) is 7.82. The maximum absolute atomic E-state index is 12.9. The Bertz CT molecular complexity index is 493. The quantitative estimate of drug-likeness (QED) is 0.508. The van der Waals surface area contributed by atoms with E-state index in [-0.39, 0.29) is 0 Å². The fourth-order valence-corrected chi connectivity index (χ4v) is 1.92. The van der Waals surface area contributed by atoms with Crippen LogP contribution in [0.2, 0.25) is 0 Å². The van der Waals surface area contributed by atoms with E-state index >= 15 is 0 Å². The van der Waals surface area contributed by atoms with Crippen LogP contribution in [0.15, 0.2) is 24.3 Å². The zero-order valence-corrected chi connectivity index (χ0v) is 7.82. The standard InChI is InChI=1S/C12H4F4/c13-9-1-5-6(2-10(9)14)8-4-12(16)11(15)3-7(5)8/h1-4H. The Morgan fingerprint density at radius 1 is 0.438 bits per heavy atom. The van der Waals surface area contributed by atoms with E-state index in [1.165, 1.54) is 0 Å². The Labute approximate surface area is 88.1 Å². The second-order valence-corrected chi connectivity index (χ2v) is 3.62. The predicted molar refractivity (Wildman–Crippen MR) is 50.7 cm³/mol. The Morgan fingerprint density at radius 2 is 0.625 bits per heavy atom. The van der Waals surface area contributed by atoms with Gasteiger partial charge in [-0.3, -0.25) is 0 Å². The average molecular weight is 224 g/mol. The summed E-state index contributed by atoms with van der Waals surface area (Å²) in [5.74, 6) is -3.97. The third-order valence-corrected chi connectivity index (χ3v) is 2.70. The van der Waals surface area contributed by atoms with Gasteiger partial charge in [0.2, 0.25) is 0 Å². The number of rotatable bonds is 0. The maximum atomic E-state index is 12.9. The van der Waals surface area contributed by atoms with Gasteiger partial charge in [-0.1, -0.05) is 0 Å². The van der Waals surface area contributed by atoms with Gasteiger partial charge in [0.05, 0.1) is 0 Å². The summed E-state index contributed by atoms with van der Waals surface area (Å²) in [6.07, 6.45) is 0. The van der Waals surface area contributed by atoms with Gasteiger partial charge in [0.1, 0.15) is 0 Å². The smallest absolute Gasteiger partial charge is 0.159 e. The summed E-state index contributed by atoms with van der Waals surface area (Å²) in [5, 5.41) is 0. The van der Waals surface area contributed by atoms with E-state index in [0.29, 0.717) is 22.3 Å². The van der Waals surface area contributed by atoms with Gasteiger partial charge >= 0.3 is 0 Å². The van der Waals surface area contributed by atoms with Gasteiger partial charge in [-0.25, -0.2) is 17.6 Å². The van der Waals surface area contributed by atoms with Crippen molar-refractivity contribution in [1.29, 1.82) is 0 Å². The normalized spacial score (nSPS) is 11.8. The van der Waals surface area contributed by atoms with E-state index in [9.17, 15) is 17.6 Å². The molecular weight excluding hydrogens is 220 g/mol. The first kappa shape index (κ1) is 9.39. The second-order valence-electron chi connectivity index (χ2n) is 3.62. The average Bonchev–Trinajstić information content (AvgIpc) is 2.26. The van der Waals surface area contributed by atoms with Gasteiger partial charge in [-0.2, -0.15) is 0 Å². The van der Waals surface area contributed by atoms with Crippen LogP contribution in [0.3, 0.4) is 0 Å². The van der Waals surface area contributed by atoms with Crippen molar-refractivity contribution >= 4 is 0 Å². The molecule has 0 nitrogen and oxygen atoms in total. The highest BCUT2D eigenvalue weighted by Gasteiger charge is 2.26. The molecule has 4 heteroatoms. The van der Waals surface area contributed by atoms with E-state index in [1.807, 2.05) is 0 Å². The highest BCUT2D eigenvalue weighted by molar-refractivity contribution is 6.02. The maximum Gasteiger partial charge on any atom is 0.159 e. The molecule has 0 aromatic heterocycles. The van der Waals surface area contributed by atoms with Crippen molar-refractivity contribution in [2.45, 2.75) is 0 Å². The molecule has 16 heavy (non-hydrogen) atoms. The molecule has 0 fully saturated rings. The minimum Gasteiger partial charge on any atom is -0.204 e. The van der Waals surface area contributed by atoms with E-state index in [4.69, 9.17) is 0 Å². The summed E-state index contributed by atoms with van der Waals surface area (Å²) in [5.41, 5.74) is 1.64. The van der Waals surface area contributed by atoms with Crippen molar-refractivity contribution in [3.63, 3.8) is 0 Å². The fraction of sp³-hybridized carbons (Fsp3) is 0. The van der Waals surface area contributed by atoms with Crippen LogP contribution in [0.25, 0.3) is 22.3 Å². The molecule has 0 amide bonds. The Morgan fingerprint density at radius 3 is 0.812 bits per heavy atom. The van der Waals surface area contributed by atoms with E-state index in [1.54, 1.807) is 0 Å². The van der Waals surface area contributed by atoms with Gasteiger partial charge in [-0.15, -0.1) is 0 Å². The lowest BCUT2D eigenvalue weighted by molar-refractivity contribution is 0.506. The summed E-state index contributed by atoms with van der Waals surface area (Å²) < 4.78 is 51.7. The first-order valence-corrected chi connectivity index (χ1v) is 4.57. The summed E-state index contributed by atoms with van der Waals surface area (Å²) >= 11 is 0. The van der Waals surface area contributed by atoms with Crippen LogP contribution in [0.5, 0.6) is 0 Å². The molecule has 0 radical (unpaired) electrons. The lowest BCUT2D eigenvalue weighted by Crippen LogP contribution is -2.03. The number of hydrogen-bond donors (Lipinski definition) is 0. The van der Waals surface area contributed by atoms with Gasteiger partial charge in [0.25, 0.3) is 0 Å². The molecule has 1 aliphatic carbocycles. The van der Waals surface area contributed by atoms with Crippen molar-refractivity contribution < 1.29 is 17.6 Å². The summed E-state index contributed by atoms with van der Waals surface area (Å²) in [6.45, 7) is 0. The zero-order chi connectivity index (χ0) is 11.4. The second kappa shape index (κ2) is 2.84. The van der Waals surface area contributed by atoms with E-state index in [2.05, 4.69) is 0 Å². The molecule has 0 aliphatic heterocycles. The topological polar surface area (TPSA) is 0 Å². The Balaban J connectivity index is 2.26. The third kappa shape index (κ3) is 1.04. The molecule has 0 atom stereocenters. The lowest BCUT2D eigenvalue weighted by atomic mass is 9.80. The molecule has 0 N–H and O–H groups in total. The van der Waals surface area contributed by atoms with Gasteiger partial charge in [-0.05, 0) is 46.5 Å². The minimum atomic E-state index is -0.992. The molecule has 0 spiro atoms.